The fourth-order valence-electron chi connectivity index (χ4n) is 3.99. The molecule has 0 aromatic rings. The summed E-state index contributed by atoms with van der Waals surface area (Å²) in [4.78, 5) is 0. The Balaban J connectivity index is 4.76. The minimum Gasteiger partial charge on any atom is -0.376 e. The zero-order valence-corrected chi connectivity index (χ0v) is 19.4. The Labute approximate surface area is 166 Å². The molecule has 0 rings (SSSR count). The van der Waals surface area contributed by atoms with Crippen LogP contribution in [0.1, 0.15) is 126 Å². The Morgan fingerprint density at radius 2 is 1.15 bits per heavy atom. The lowest BCUT2D eigenvalue weighted by molar-refractivity contribution is -0.0518. The lowest BCUT2D eigenvalue weighted by Crippen LogP contribution is -2.38. The second-order valence-electron chi connectivity index (χ2n) is 9.96. The molecule has 0 atom stereocenters. The first-order valence-electron chi connectivity index (χ1n) is 11.5. The molecule has 0 bridgehead atoms. The summed E-state index contributed by atoms with van der Waals surface area (Å²) in [7, 11) is 0. The average Bonchev–Trinajstić information content (AvgIpc) is 2.55. The molecule has 0 radical (unpaired) electrons. The molecular weight excluding hydrogens is 318 g/mol. The largest absolute Gasteiger partial charge is 0.376 e. The van der Waals surface area contributed by atoms with E-state index in [2.05, 4.69) is 48.5 Å². The summed E-state index contributed by atoms with van der Waals surface area (Å²) >= 11 is 0. The zero-order chi connectivity index (χ0) is 20.1. The highest BCUT2D eigenvalue weighted by Crippen LogP contribution is 2.49. The highest BCUT2D eigenvalue weighted by Gasteiger charge is 2.39. The smallest absolute Gasteiger partial charge is 0.0638 e. The number of unbranched alkanes of at least 4 members (excludes halogenated alkanes) is 6. The maximum atomic E-state index is 6.21. The third-order valence-corrected chi connectivity index (χ3v) is 6.76. The van der Waals surface area contributed by atoms with Crippen molar-refractivity contribution in [3.63, 3.8) is 0 Å². The van der Waals surface area contributed by atoms with Gasteiger partial charge >= 0.3 is 0 Å². The van der Waals surface area contributed by atoms with Crippen molar-refractivity contribution in [1.29, 1.82) is 0 Å². The second kappa shape index (κ2) is 13.2. The van der Waals surface area contributed by atoms with Gasteiger partial charge in [0.2, 0.25) is 0 Å². The number of hydrogen-bond donors (Lipinski definition) is 1. The molecule has 0 heterocycles. The van der Waals surface area contributed by atoms with Crippen LogP contribution in [0.2, 0.25) is 0 Å². The van der Waals surface area contributed by atoms with Gasteiger partial charge in [0.1, 0.15) is 0 Å². The molecule has 158 valence electrons. The minimum atomic E-state index is -0.0938. The Kier molecular flexibility index (Phi) is 13.1. The van der Waals surface area contributed by atoms with Gasteiger partial charge in [-0.2, -0.15) is 0 Å². The quantitative estimate of drug-likeness (QED) is 0.269. The first-order valence-corrected chi connectivity index (χ1v) is 11.5. The summed E-state index contributed by atoms with van der Waals surface area (Å²) < 4.78 is 6.21. The van der Waals surface area contributed by atoms with Crippen molar-refractivity contribution in [3.8, 4) is 0 Å². The van der Waals surface area contributed by atoms with E-state index in [0.717, 1.165) is 19.4 Å². The molecule has 0 aliphatic carbocycles. The predicted molar refractivity (Wildman–Crippen MR) is 118 cm³/mol. The second-order valence-corrected chi connectivity index (χ2v) is 9.96. The van der Waals surface area contributed by atoms with Crippen molar-refractivity contribution in [1.82, 2.24) is 0 Å². The Morgan fingerprint density at radius 3 is 1.58 bits per heavy atom. The van der Waals surface area contributed by atoms with Gasteiger partial charge in [-0.15, -0.1) is 0 Å². The molecule has 26 heavy (non-hydrogen) atoms. The Bertz CT molecular complexity index is 323. The number of nitrogens with two attached hydrogens (primary N) is 1. The van der Waals surface area contributed by atoms with Gasteiger partial charge in [-0.3, -0.25) is 0 Å². The van der Waals surface area contributed by atoms with Gasteiger partial charge < -0.3 is 10.5 Å². The number of ether oxygens (including phenoxy) is 1. The van der Waals surface area contributed by atoms with E-state index < -0.39 is 0 Å². The molecule has 0 saturated heterocycles. The molecule has 0 aromatic heterocycles. The van der Waals surface area contributed by atoms with Crippen LogP contribution in [0.15, 0.2) is 0 Å². The minimum absolute atomic E-state index is 0.0938. The molecule has 0 aromatic carbocycles. The summed E-state index contributed by atoms with van der Waals surface area (Å²) in [6, 6.07) is 0. The fourth-order valence-corrected chi connectivity index (χ4v) is 3.99. The molecular formula is C24H51NO. The normalized spacial score (nSPS) is 13.4. The van der Waals surface area contributed by atoms with E-state index >= 15 is 0 Å². The van der Waals surface area contributed by atoms with E-state index in [1.807, 2.05) is 0 Å². The van der Waals surface area contributed by atoms with Crippen LogP contribution in [-0.4, -0.2) is 18.8 Å². The molecule has 0 aliphatic rings. The van der Waals surface area contributed by atoms with Crippen LogP contribution in [0.4, 0.5) is 0 Å². The van der Waals surface area contributed by atoms with Crippen molar-refractivity contribution < 1.29 is 4.74 Å². The molecule has 0 amide bonds. The van der Waals surface area contributed by atoms with Crippen LogP contribution >= 0.6 is 0 Å². The summed E-state index contributed by atoms with van der Waals surface area (Å²) in [5, 5.41) is 0. The van der Waals surface area contributed by atoms with Crippen LogP contribution < -0.4 is 5.73 Å². The molecule has 0 saturated carbocycles. The topological polar surface area (TPSA) is 35.2 Å². The predicted octanol–water partition coefficient (Wildman–Crippen LogP) is 7.49. The first kappa shape index (κ1) is 25.9. The van der Waals surface area contributed by atoms with Crippen molar-refractivity contribution >= 4 is 0 Å². The lowest BCUT2D eigenvalue weighted by atomic mass is 9.60. The summed E-state index contributed by atoms with van der Waals surface area (Å²) in [6.07, 6.45) is 15.7. The standard InChI is InChI=1S/C24H51NO/c1-8-10-12-14-16-24(7,17-15-13-11-9-2)22(3,4)19-21-26-23(5,6)18-20-25/h8-21,25H2,1-7H3. The fraction of sp³-hybridized carbons (Fsp3) is 1.00. The van der Waals surface area contributed by atoms with Gasteiger partial charge in [-0.25, -0.2) is 0 Å². The van der Waals surface area contributed by atoms with Crippen LogP contribution in [0.3, 0.4) is 0 Å². The van der Waals surface area contributed by atoms with E-state index in [0.29, 0.717) is 17.4 Å². The number of hydrogen-bond acceptors (Lipinski definition) is 2. The summed E-state index contributed by atoms with van der Waals surface area (Å²) in [5.41, 5.74) is 6.35. The van der Waals surface area contributed by atoms with Crippen molar-refractivity contribution in [2.24, 2.45) is 16.6 Å². The number of rotatable bonds is 17. The van der Waals surface area contributed by atoms with E-state index in [1.54, 1.807) is 0 Å². The van der Waals surface area contributed by atoms with Crippen LogP contribution in [0.25, 0.3) is 0 Å². The molecule has 0 unspecified atom stereocenters. The first-order chi connectivity index (χ1) is 12.1. The Hall–Kier alpha value is -0.0800. The van der Waals surface area contributed by atoms with Crippen LogP contribution in [0, 0.1) is 10.8 Å². The van der Waals surface area contributed by atoms with Crippen molar-refractivity contribution in [3.05, 3.63) is 0 Å². The van der Waals surface area contributed by atoms with E-state index in [4.69, 9.17) is 10.5 Å². The maximum Gasteiger partial charge on any atom is 0.0638 e. The van der Waals surface area contributed by atoms with Crippen LogP contribution in [-0.2, 0) is 4.74 Å². The van der Waals surface area contributed by atoms with E-state index in [1.165, 1.54) is 64.2 Å². The monoisotopic (exact) mass is 369 g/mol. The highest BCUT2D eigenvalue weighted by atomic mass is 16.5. The van der Waals surface area contributed by atoms with Crippen LogP contribution in [0.5, 0.6) is 0 Å². The third kappa shape index (κ3) is 10.3. The van der Waals surface area contributed by atoms with E-state index in [-0.39, 0.29) is 5.60 Å². The van der Waals surface area contributed by atoms with Gasteiger partial charge in [0, 0.05) is 6.61 Å². The molecule has 0 fully saturated rings. The zero-order valence-electron chi connectivity index (χ0n) is 19.4. The highest BCUT2D eigenvalue weighted by molar-refractivity contribution is 4.89. The van der Waals surface area contributed by atoms with E-state index in [9.17, 15) is 0 Å². The summed E-state index contributed by atoms with van der Waals surface area (Å²) in [6.45, 7) is 18.0. The maximum absolute atomic E-state index is 6.21. The van der Waals surface area contributed by atoms with Crippen molar-refractivity contribution in [2.45, 2.75) is 131 Å². The molecule has 0 spiro atoms. The molecule has 2 N–H and O–H groups in total. The Morgan fingerprint density at radius 1 is 0.654 bits per heavy atom. The summed E-state index contributed by atoms with van der Waals surface area (Å²) in [5.74, 6) is 0. The average molecular weight is 370 g/mol. The van der Waals surface area contributed by atoms with Gasteiger partial charge in [-0.1, -0.05) is 86.0 Å². The lowest BCUT2D eigenvalue weighted by Gasteiger charge is -2.46. The molecule has 2 heteroatoms. The molecule has 0 aliphatic heterocycles. The van der Waals surface area contributed by atoms with Crippen molar-refractivity contribution in [2.75, 3.05) is 13.2 Å². The van der Waals surface area contributed by atoms with Gasteiger partial charge in [0.25, 0.3) is 0 Å². The SMILES string of the molecule is CCCCCCC(C)(CCCCCC)C(C)(C)CCOC(C)(C)CCN. The van der Waals surface area contributed by atoms with Gasteiger partial charge in [0.15, 0.2) is 0 Å². The van der Waals surface area contributed by atoms with Gasteiger partial charge in [-0.05, 0) is 56.9 Å². The molecule has 2 nitrogen and oxygen atoms in total. The third-order valence-electron chi connectivity index (χ3n) is 6.76. The van der Waals surface area contributed by atoms with Gasteiger partial charge in [0.05, 0.1) is 5.60 Å².